The van der Waals surface area contributed by atoms with E-state index in [0.29, 0.717) is 0 Å². The minimum atomic E-state index is -2.09. The summed E-state index contributed by atoms with van der Waals surface area (Å²) in [6.07, 6.45) is 19.5. The highest BCUT2D eigenvalue weighted by Gasteiger charge is 2.24. The Kier molecular flexibility index (Phi) is 8.62. The summed E-state index contributed by atoms with van der Waals surface area (Å²) in [5.74, 6) is 0.453. The number of allylic oxidation sites excluding steroid dienone is 6. The first-order valence-corrected chi connectivity index (χ1v) is 12.8. The summed E-state index contributed by atoms with van der Waals surface area (Å²) in [7, 11) is -2.09. The van der Waals surface area contributed by atoms with Gasteiger partial charge in [0.15, 0.2) is 0 Å². The minimum absolute atomic E-state index is 0.227. The molecule has 2 aromatic carbocycles. The van der Waals surface area contributed by atoms with Crippen molar-refractivity contribution in [2.75, 3.05) is 0 Å². The summed E-state index contributed by atoms with van der Waals surface area (Å²) < 4.78 is 12.0. The summed E-state index contributed by atoms with van der Waals surface area (Å²) in [5, 5.41) is 0. The molecule has 0 saturated carbocycles. The molecule has 2 aliphatic carbocycles. The van der Waals surface area contributed by atoms with E-state index in [1.54, 1.807) is 0 Å². The van der Waals surface area contributed by atoms with Crippen molar-refractivity contribution < 1.29 is 13.9 Å². The molecule has 0 aliphatic heterocycles. The second-order valence-corrected chi connectivity index (χ2v) is 9.41. The lowest BCUT2D eigenvalue weighted by Crippen LogP contribution is -2.16. The van der Waals surface area contributed by atoms with Crippen LogP contribution in [-0.2, 0) is 9.05 Å². The molecule has 2 aliphatic rings. The van der Waals surface area contributed by atoms with Crippen molar-refractivity contribution in [3.05, 3.63) is 144 Å². The van der Waals surface area contributed by atoms with Gasteiger partial charge in [0.1, 0.15) is 12.2 Å². The second kappa shape index (κ2) is 12.1. The molecule has 2 aromatic rings. The van der Waals surface area contributed by atoms with Crippen LogP contribution < -0.4 is 0 Å². The SMILES string of the molecule is CC(C=C1C=CC=CC1OP(O)OC1C=CC=CC1=CC(C)c1ccccc1)c1ccccc1. The second-order valence-electron chi connectivity index (χ2n) is 8.51. The van der Waals surface area contributed by atoms with Crippen molar-refractivity contribution in [3.63, 3.8) is 0 Å². The topological polar surface area (TPSA) is 38.7 Å². The van der Waals surface area contributed by atoms with Gasteiger partial charge in [-0.2, -0.15) is 0 Å². The molecule has 3 nitrogen and oxygen atoms in total. The van der Waals surface area contributed by atoms with Gasteiger partial charge in [-0.15, -0.1) is 0 Å². The van der Waals surface area contributed by atoms with E-state index in [-0.39, 0.29) is 24.0 Å². The van der Waals surface area contributed by atoms with E-state index in [1.807, 2.05) is 85.0 Å². The molecule has 4 rings (SSSR count). The third-order valence-electron chi connectivity index (χ3n) is 5.97. The molecule has 0 aromatic heterocycles. The highest BCUT2D eigenvalue weighted by molar-refractivity contribution is 7.40. The van der Waals surface area contributed by atoms with Crippen molar-refractivity contribution in [2.24, 2.45) is 0 Å². The van der Waals surface area contributed by atoms with Crippen LogP contribution in [0.5, 0.6) is 0 Å². The van der Waals surface area contributed by atoms with Crippen LogP contribution in [0, 0.1) is 0 Å². The van der Waals surface area contributed by atoms with Crippen molar-refractivity contribution in [3.8, 4) is 0 Å². The van der Waals surface area contributed by atoms with Gasteiger partial charge in [-0.3, -0.25) is 9.05 Å². The fraction of sp³-hybridized carbons (Fsp3) is 0.200. The van der Waals surface area contributed by atoms with Crippen LogP contribution in [0.4, 0.5) is 0 Å². The standard InChI is InChI=1S/C30H31O3P/c1-23(25-13-5-3-6-14-25)21-27-17-9-11-19-29(27)32-34(31)33-30-20-12-10-18-28(30)22-24(2)26-15-7-4-8-16-26/h3-24,29-31H,1-2H3. The zero-order valence-electron chi connectivity index (χ0n) is 19.6. The lowest BCUT2D eigenvalue weighted by Gasteiger charge is -2.25. The quantitative estimate of drug-likeness (QED) is 0.402. The first kappa shape index (κ1) is 24.3. The highest BCUT2D eigenvalue weighted by Crippen LogP contribution is 2.41. The molecule has 0 heterocycles. The Bertz CT molecular complexity index is 1020. The average Bonchev–Trinajstić information content (AvgIpc) is 2.87. The van der Waals surface area contributed by atoms with E-state index >= 15 is 0 Å². The van der Waals surface area contributed by atoms with Crippen molar-refractivity contribution in [1.29, 1.82) is 0 Å². The summed E-state index contributed by atoms with van der Waals surface area (Å²) >= 11 is 0. The van der Waals surface area contributed by atoms with E-state index in [4.69, 9.17) is 9.05 Å². The van der Waals surface area contributed by atoms with Crippen LogP contribution in [-0.4, -0.2) is 17.1 Å². The molecule has 4 unspecified atom stereocenters. The first-order chi connectivity index (χ1) is 16.6. The maximum absolute atomic E-state index is 10.7. The fourth-order valence-corrected chi connectivity index (χ4v) is 4.89. The molecule has 0 fully saturated rings. The van der Waals surface area contributed by atoms with Gasteiger partial charge in [0.05, 0.1) is 0 Å². The minimum Gasteiger partial charge on any atom is -0.328 e. The summed E-state index contributed by atoms with van der Waals surface area (Å²) in [4.78, 5) is 10.7. The van der Waals surface area contributed by atoms with Crippen LogP contribution in [0.1, 0.15) is 36.8 Å². The maximum atomic E-state index is 10.7. The van der Waals surface area contributed by atoms with Crippen LogP contribution in [0.2, 0.25) is 0 Å². The number of hydrogen-bond acceptors (Lipinski definition) is 3. The Balaban J connectivity index is 1.42. The van der Waals surface area contributed by atoms with E-state index in [1.165, 1.54) is 11.1 Å². The molecule has 174 valence electrons. The number of benzene rings is 2. The zero-order chi connectivity index (χ0) is 23.8. The molecule has 34 heavy (non-hydrogen) atoms. The van der Waals surface area contributed by atoms with Gasteiger partial charge in [-0.05, 0) is 34.1 Å². The van der Waals surface area contributed by atoms with E-state index in [2.05, 4.69) is 50.3 Å². The van der Waals surface area contributed by atoms with Crippen LogP contribution >= 0.6 is 8.60 Å². The van der Waals surface area contributed by atoms with Crippen LogP contribution in [0.3, 0.4) is 0 Å². The lowest BCUT2D eigenvalue weighted by molar-refractivity contribution is 0.173. The number of rotatable bonds is 8. The summed E-state index contributed by atoms with van der Waals surface area (Å²) in [5.41, 5.74) is 4.49. The number of hydrogen-bond donors (Lipinski definition) is 1. The molecule has 0 amide bonds. The van der Waals surface area contributed by atoms with Crippen LogP contribution in [0.15, 0.2) is 133 Å². The van der Waals surface area contributed by atoms with E-state index < -0.39 is 8.60 Å². The van der Waals surface area contributed by atoms with Gasteiger partial charge in [0.25, 0.3) is 0 Å². The van der Waals surface area contributed by atoms with E-state index in [9.17, 15) is 4.89 Å². The van der Waals surface area contributed by atoms with Gasteiger partial charge in [0, 0.05) is 0 Å². The molecule has 4 atom stereocenters. The molecule has 0 bridgehead atoms. The maximum Gasteiger partial charge on any atom is 0.331 e. The van der Waals surface area contributed by atoms with Crippen molar-refractivity contribution >= 4 is 8.60 Å². The Labute approximate surface area is 204 Å². The lowest BCUT2D eigenvalue weighted by atomic mass is 9.95. The monoisotopic (exact) mass is 470 g/mol. The molecule has 1 N–H and O–H groups in total. The Hall–Kier alpha value is -2.81. The van der Waals surface area contributed by atoms with Gasteiger partial charge < -0.3 is 4.89 Å². The average molecular weight is 471 g/mol. The normalized spacial score (nSPS) is 24.4. The highest BCUT2D eigenvalue weighted by atomic mass is 31.2. The van der Waals surface area contributed by atoms with Crippen LogP contribution in [0.25, 0.3) is 0 Å². The molecule has 0 radical (unpaired) electrons. The van der Waals surface area contributed by atoms with Gasteiger partial charge in [-0.25, -0.2) is 0 Å². The predicted molar refractivity (Wildman–Crippen MR) is 141 cm³/mol. The third-order valence-corrected chi connectivity index (χ3v) is 6.79. The third kappa shape index (κ3) is 6.62. The van der Waals surface area contributed by atoms with Crippen molar-refractivity contribution in [2.45, 2.75) is 37.9 Å². The summed E-state index contributed by atoms with van der Waals surface area (Å²) in [6.45, 7) is 4.32. The largest absolute Gasteiger partial charge is 0.331 e. The molecule has 4 heteroatoms. The first-order valence-electron chi connectivity index (χ1n) is 11.7. The molecule has 0 saturated heterocycles. The molecular formula is C30H31O3P. The molecular weight excluding hydrogens is 439 g/mol. The molecule has 0 spiro atoms. The van der Waals surface area contributed by atoms with Gasteiger partial charge >= 0.3 is 8.60 Å². The Morgan fingerprint density at radius 2 is 1.09 bits per heavy atom. The Morgan fingerprint density at radius 3 is 1.50 bits per heavy atom. The Morgan fingerprint density at radius 1 is 0.676 bits per heavy atom. The summed E-state index contributed by atoms with van der Waals surface area (Å²) in [6, 6.07) is 20.7. The smallest absolute Gasteiger partial charge is 0.328 e. The zero-order valence-corrected chi connectivity index (χ0v) is 20.5. The fourth-order valence-electron chi connectivity index (χ4n) is 4.07. The van der Waals surface area contributed by atoms with Gasteiger partial charge in [-0.1, -0.05) is 135 Å². The predicted octanol–water partition coefficient (Wildman–Crippen LogP) is 7.69. The van der Waals surface area contributed by atoms with Gasteiger partial charge in [0.2, 0.25) is 0 Å². The van der Waals surface area contributed by atoms with E-state index in [0.717, 1.165) is 11.1 Å². The van der Waals surface area contributed by atoms with Crippen molar-refractivity contribution in [1.82, 2.24) is 0 Å².